The molecule has 102 valence electrons. The van der Waals surface area contributed by atoms with E-state index in [-0.39, 0.29) is 0 Å². The highest BCUT2D eigenvalue weighted by atomic mass is 32.1. The summed E-state index contributed by atoms with van der Waals surface area (Å²) in [5.74, 6) is 0. The third kappa shape index (κ3) is 4.13. The van der Waals surface area contributed by atoms with Crippen LogP contribution < -0.4 is 5.73 Å². The van der Waals surface area contributed by atoms with Gasteiger partial charge in [-0.3, -0.25) is 4.90 Å². The average Bonchev–Trinajstić information content (AvgIpc) is 2.87. The van der Waals surface area contributed by atoms with Crippen LogP contribution in [-0.4, -0.2) is 15.9 Å². The lowest BCUT2D eigenvalue weighted by molar-refractivity contribution is 0.201. The molecule has 1 aromatic heterocycles. The molecule has 0 unspecified atom stereocenters. The molecule has 1 aromatic carbocycles. The van der Waals surface area contributed by atoms with Crippen molar-refractivity contribution in [1.29, 1.82) is 0 Å². The normalized spacial score (nSPS) is 11.4. The van der Waals surface area contributed by atoms with Gasteiger partial charge in [0.2, 0.25) is 0 Å². The lowest BCUT2D eigenvalue weighted by atomic mass is 10.2. The van der Waals surface area contributed by atoms with Crippen molar-refractivity contribution >= 4 is 11.3 Å². The van der Waals surface area contributed by atoms with Crippen molar-refractivity contribution in [3.05, 3.63) is 52.0 Å². The van der Waals surface area contributed by atoms with Crippen molar-refractivity contribution in [3.8, 4) is 0 Å². The fourth-order valence-corrected chi connectivity index (χ4v) is 2.63. The third-order valence-electron chi connectivity index (χ3n) is 3.10. The van der Waals surface area contributed by atoms with E-state index in [9.17, 15) is 0 Å². The van der Waals surface area contributed by atoms with Gasteiger partial charge in [0.1, 0.15) is 5.01 Å². The molecule has 1 heterocycles. The predicted octanol–water partition coefficient (Wildman–Crippen LogP) is 3.01. The number of aromatic nitrogens is 1. The summed E-state index contributed by atoms with van der Waals surface area (Å²) in [5, 5.41) is 3.13. The third-order valence-corrected chi connectivity index (χ3v) is 4.02. The molecule has 2 aromatic rings. The summed E-state index contributed by atoms with van der Waals surface area (Å²) >= 11 is 1.65. The number of hydrogen-bond acceptors (Lipinski definition) is 4. The minimum absolute atomic E-state index is 0.489. The van der Waals surface area contributed by atoms with Gasteiger partial charge in [-0.25, -0.2) is 4.98 Å². The van der Waals surface area contributed by atoms with E-state index in [1.165, 1.54) is 5.56 Å². The first kappa shape index (κ1) is 14.2. The van der Waals surface area contributed by atoms with Crippen LogP contribution in [0.25, 0.3) is 0 Å². The van der Waals surface area contributed by atoms with Gasteiger partial charge in [0, 0.05) is 31.1 Å². The molecule has 0 bridgehead atoms. The number of hydrogen-bond donors (Lipinski definition) is 1. The quantitative estimate of drug-likeness (QED) is 0.881. The van der Waals surface area contributed by atoms with Crippen molar-refractivity contribution in [2.45, 2.75) is 39.5 Å². The topological polar surface area (TPSA) is 42.1 Å². The standard InChI is InChI=1S/C15H21N3S/c1-12(2)18(9-13-6-4-3-5-7-13)10-14-11-19-15(8-16)17-14/h3-7,11-12H,8-10,16H2,1-2H3. The second kappa shape index (κ2) is 6.80. The van der Waals surface area contributed by atoms with Crippen LogP contribution in [0.2, 0.25) is 0 Å². The minimum atomic E-state index is 0.489. The maximum atomic E-state index is 5.61. The summed E-state index contributed by atoms with van der Waals surface area (Å²) in [6.07, 6.45) is 0. The van der Waals surface area contributed by atoms with Crippen molar-refractivity contribution < 1.29 is 0 Å². The zero-order valence-corrected chi connectivity index (χ0v) is 12.4. The van der Waals surface area contributed by atoms with E-state index in [1.807, 2.05) is 0 Å². The summed E-state index contributed by atoms with van der Waals surface area (Å²) in [7, 11) is 0. The van der Waals surface area contributed by atoms with Crippen molar-refractivity contribution in [3.63, 3.8) is 0 Å². The Morgan fingerprint density at radius 3 is 2.53 bits per heavy atom. The van der Waals surface area contributed by atoms with E-state index >= 15 is 0 Å². The SMILES string of the molecule is CC(C)N(Cc1ccccc1)Cc1csc(CN)n1. The molecule has 0 fully saturated rings. The van der Waals surface area contributed by atoms with Crippen LogP contribution in [0.5, 0.6) is 0 Å². The van der Waals surface area contributed by atoms with Gasteiger partial charge in [-0.15, -0.1) is 11.3 Å². The number of thiazole rings is 1. The second-order valence-corrected chi connectivity index (χ2v) is 5.86. The summed E-state index contributed by atoms with van der Waals surface area (Å²) < 4.78 is 0. The minimum Gasteiger partial charge on any atom is -0.325 e. The average molecular weight is 275 g/mol. The molecule has 2 N–H and O–H groups in total. The summed E-state index contributed by atoms with van der Waals surface area (Å²) in [5.41, 5.74) is 8.07. The van der Waals surface area contributed by atoms with Gasteiger partial charge >= 0.3 is 0 Å². The van der Waals surface area contributed by atoms with Gasteiger partial charge in [0.05, 0.1) is 5.69 Å². The lowest BCUT2D eigenvalue weighted by Gasteiger charge is -2.25. The maximum Gasteiger partial charge on any atom is 0.106 e. The first-order valence-corrected chi connectivity index (χ1v) is 7.48. The van der Waals surface area contributed by atoms with Crippen LogP contribution in [0.15, 0.2) is 35.7 Å². The molecule has 4 heteroatoms. The maximum absolute atomic E-state index is 5.61. The van der Waals surface area contributed by atoms with Gasteiger partial charge in [-0.05, 0) is 19.4 Å². The number of rotatable bonds is 6. The molecular formula is C15H21N3S. The Morgan fingerprint density at radius 2 is 1.95 bits per heavy atom. The van der Waals surface area contributed by atoms with Crippen molar-refractivity contribution in [2.24, 2.45) is 5.73 Å². The van der Waals surface area contributed by atoms with Gasteiger partial charge in [0.15, 0.2) is 0 Å². The monoisotopic (exact) mass is 275 g/mol. The molecule has 3 nitrogen and oxygen atoms in total. The first-order valence-electron chi connectivity index (χ1n) is 6.60. The highest BCUT2D eigenvalue weighted by molar-refractivity contribution is 7.09. The molecule has 0 radical (unpaired) electrons. The Morgan fingerprint density at radius 1 is 1.21 bits per heavy atom. The van der Waals surface area contributed by atoms with Gasteiger partial charge in [0.25, 0.3) is 0 Å². The van der Waals surface area contributed by atoms with Crippen molar-refractivity contribution in [2.75, 3.05) is 0 Å². The molecule has 0 saturated heterocycles. The van der Waals surface area contributed by atoms with Crippen LogP contribution in [0.3, 0.4) is 0 Å². The highest BCUT2D eigenvalue weighted by Crippen LogP contribution is 2.15. The van der Waals surface area contributed by atoms with E-state index in [4.69, 9.17) is 5.73 Å². The fraction of sp³-hybridized carbons (Fsp3) is 0.400. The zero-order valence-electron chi connectivity index (χ0n) is 11.5. The van der Waals surface area contributed by atoms with E-state index in [2.05, 4.69) is 59.4 Å². The molecular weight excluding hydrogens is 254 g/mol. The Labute approximate surface area is 119 Å². The van der Waals surface area contributed by atoms with E-state index in [1.54, 1.807) is 11.3 Å². The zero-order chi connectivity index (χ0) is 13.7. The Bertz CT molecular complexity index is 493. The first-order chi connectivity index (χ1) is 9.19. The van der Waals surface area contributed by atoms with Crippen LogP contribution in [0.1, 0.15) is 30.1 Å². The molecule has 0 aliphatic carbocycles. The summed E-state index contributed by atoms with van der Waals surface area (Å²) in [6.45, 7) is 6.81. The summed E-state index contributed by atoms with van der Waals surface area (Å²) in [4.78, 5) is 6.97. The molecule has 0 aliphatic heterocycles. The molecule has 0 aliphatic rings. The highest BCUT2D eigenvalue weighted by Gasteiger charge is 2.12. The Balaban J connectivity index is 2.04. The molecule has 0 saturated carbocycles. The molecule has 2 rings (SSSR count). The Kier molecular flexibility index (Phi) is 5.07. The summed E-state index contributed by atoms with van der Waals surface area (Å²) in [6, 6.07) is 11.1. The smallest absolute Gasteiger partial charge is 0.106 e. The molecule has 19 heavy (non-hydrogen) atoms. The number of benzene rings is 1. The van der Waals surface area contributed by atoms with Crippen LogP contribution in [-0.2, 0) is 19.6 Å². The lowest BCUT2D eigenvalue weighted by Crippen LogP contribution is -2.30. The van der Waals surface area contributed by atoms with Crippen molar-refractivity contribution in [1.82, 2.24) is 9.88 Å². The largest absolute Gasteiger partial charge is 0.325 e. The van der Waals surface area contributed by atoms with Gasteiger partial charge in [-0.1, -0.05) is 30.3 Å². The number of nitrogens with two attached hydrogens (primary N) is 1. The molecule has 0 atom stereocenters. The molecule has 0 spiro atoms. The molecule has 0 amide bonds. The van der Waals surface area contributed by atoms with Gasteiger partial charge < -0.3 is 5.73 Å². The van der Waals surface area contributed by atoms with Crippen LogP contribution in [0.4, 0.5) is 0 Å². The van der Waals surface area contributed by atoms with Crippen LogP contribution in [0, 0.1) is 0 Å². The predicted molar refractivity (Wildman–Crippen MR) is 80.8 cm³/mol. The van der Waals surface area contributed by atoms with E-state index < -0.39 is 0 Å². The Hall–Kier alpha value is -1.23. The van der Waals surface area contributed by atoms with Gasteiger partial charge in [-0.2, -0.15) is 0 Å². The van der Waals surface area contributed by atoms with E-state index in [0.29, 0.717) is 12.6 Å². The van der Waals surface area contributed by atoms with Crippen LogP contribution >= 0.6 is 11.3 Å². The van der Waals surface area contributed by atoms with E-state index in [0.717, 1.165) is 23.8 Å². The second-order valence-electron chi connectivity index (χ2n) is 4.92. The fourth-order valence-electron chi connectivity index (χ4n) is 1.96. The number of nitrogens with zero attached hydrogens (tertiary/aromatic N) is 2.